The van der Waals surface area contributed by atoms with E-state index in [1.807, 2.05) is 12.1 Å². The van der Waals surface area contributed by atoms with Crippen LogP contribution >= 0.6 is 0 Å². The van der Waals surface area contributed by atoms with Crippen LogP contribution in [0.15, 0.2) is 54.5 Å². The number of carbonyl (C=O) groups excluding carboxylic acids is 1. The second kappa shape index (κ2) is 7.60. The lowest BCUT2D eigenvalue weighted by molar-refractivity contribution is 0.102. The van der Waals surface area contributed by atoms with Crippen molar-refractivity contribution in [3.8, 4) is 0 Å². The monoisotopic (exact) mass is 351 g/mol. The molecular formula is C21H22FN3O. The van der Waals surface area contributed by atoms with Gasteiger partial charge in [0.05, 0.1) is 11.8 Å². The summed E-state index contributed by atoms with van der Waals surface area (Å²) in [6, 6.07) is 5.14. The first-order valence-corrected chi connectivity index (χ1v) is 8.67. The molecular weight excluding hydrogens is 329 g/mol. The van der Waals surface area contributed by atoms with Crippen LogP contribution in [0.2, 0.25) is 0 Å². The summed E-state index contributed by atoms with van der Waals surface area (Å²) in [6.45, 7) is 8.32. The Morgan fingerprint density at radius 3 is 2.88 bits per heavy atom. The Morgan fingerprint density at radius 2 is 2.15 bits per heavy atom. The van der Waals surface area contributed by atoms with Gasteiger partial charge in [0.25, 0.3) is 5.91 Å². The van der Waals surface area contributed by atoms with Crippen molar-refractivity contribution in [1.82, 2.24) is 9.97 Å². The van der Waals surface area contributed by atoms with Gasteiger partial charge in [0.1, 0.15) is 5.82 Å². The molecule has 2 aromatic rings. The zero-order valence-electron chi connectivity index (χ0n) is 15.1. The van der Waals surface area contributed by atoms with E-state index in [9.17, 15) is 9.18 Å². The fraction of sp³-hybridized carbons (Fsp3) is 0.286. The molecule has 0 spiro atoms. The fourth-order valence-electron chi connectivity index (χ4n) is 3.28. The molecule has 0 saturated carbocycles. The number of amides is 1. The molecule has 1 amide bonds. The lowest BCUT2D eigenvalue weighted by Gasteiger charge is -2.26. The largest absolute Gasteiger partial charge is 0.306 e. The number of pyridine rings is 2. The smallest absolute Gasteiger partial charge is 0.259 e. The number of hydrogen-bond donors (Lipinski definition) is 1. The van der Waals surface area contributed by atoms with Crippen LogP contribution in [-0.4, -0.2) is 15.9 Å². The summed E-state index contributed by atoms with van der Waals surface area (Å²) < 4.78 is 13.7. The number of anilines is 1. The van der Waals surface area contributed by atoms with Crippen LogP contribution in [0.1, 0.15) is 49.0 Å². The summed E-state index contributed by atoms with van der Waals surface area (Å²) in [5, 5.41) is 2.67. The average Bonchev–Trinajstić information content (AvgIpc) is 2.62. The van der Waals surface area contributed by atoms with Gasteiger partial charge < -0.3 is 5.32 Å². The van der Waals surface area contributed by atoms with E-state index in [-0.39, 0.29) is 5.56 Å². The average molecular weight is 351 g/mol. The normalized spacial score (nSPS) is 17.1. The molecule has 1 unspecified atom stereocenters. The third-order valence-corrected chi connectivity index (χ3v) is 4.90. The molecule has 0 aromatic carbocycles. The molecule has 2 heterocycles. The molecule has 2 aromatic heterocycles. The van der Waals surface area contributed by atoms with E-state index in [1.54, 1.807) is 6.20 Å². The summed E-state index contributed by atoms with van der Waals surface area (Å²) in [6.07, 6.45) is 7.18. The van der Waals surface area contributed by atoms with Crippen LogP contribution in [0.5, 0.6) is 0 Å². The van der Waals surface area contributed by atoms with Crippen molar-refractivity contribution >= 4 is 17.3 Å². The Hall–Kier alpha value is -2.82. The lowest BCUT2D eigenvalue weighted by Crippen LogP contribution is -2.15. The van der Waals surface area contributed by atoms with Crippen molar-refractivity contribution in [2.45, 2.75) is 33.1 Å². The Labute approximate surface area is 152 Å². The number of aromatic nitrogens is 2. The van der Waals surface area contributed by atoms with Gasteiger partial charge in [0.15, 0.2) is 5.82 Å². The van der Waals surface area contributed by atoms with Crippen LogP contribution in [0.3, 0.4) is 0 Å². The van der Waals surface area contributed by atoms with Gasteiger partial charge in [0.2, 0.25) is 0 Å². The van der Waals surface area contributed by atoms with Crippen molar-refractivity contribution in [2.75, 3.05) is 5.32 Å². The molecule has 134 valence electrons. The maximum Gasteiger partial charge on any atom is 0.259 e. The summed E-state index contributed by atoms with van der Waals surface area (Å²) in [4.78, 5) is 20.1. The van der Waals surface area contributed by atoms with Crippen LogP contribution in [0, 0.1) is 11.7 Å². The van der Waals surface area contributed by atoms with E-state index in [4.69, 9.17) is 0 Å². The minimum absolute atomic E-state index is 0.0531. The lowest BCUT2D eigenvalue weighted by atomic mass is 9.79. The zero-order valence-corrected chi connectivity index (χ0v) is 15.1. The predicted molar refractivity (Wildman–Crippen MR) is 101 cm³/mol. The summed E-state index contributed by atoms with van der Waals surface area (Å²) in [5.41, 5.74) is 4.81. The molecule has 1 aliphatic rings. The first kappa shape index (κ1) is 18.0. The number of nitrogens with zero attached hydrogens (tertiary/aromatic N) is 2. The highest BCUT2D eigenvalue weighted by Crippen LogP contribution is 2.38. The highest BCUT2D eigenvalue weighted by atomic mass is 19.1. The highest BCUT2D eigenvalue weighted by molar-refractivity contribution is 6.04. The van der Waals surface area contributed by atoms with Gasteiger partial charge in [-0.25, -0.2) is 9.37 Å². The quantitative estimate of drug-likeness (QED) is 0.787. The third-order valence-electron chi connectivity index (χ3n) is 4.90. The molecule has 0 fully saturated rings. The fourth-order valence-corrected chi connectivity index (χ4v) is 3.28. The second-order valence-corrected chi connectivity index (χ2v) is 6.78. The minimum atomic E-state index is -0.656. The molecule has 1 atom stereocenters. The Kier molecular flexibility index (Phi) is 5.26. The molecule has 26 heavy (non-hydrogen) atoms. The summed E-state index contributed by atoms with van der Waals surface area (Å²) in [5.74, 6) is -0.313. The van der Waals surface area contributed by atoms with E-state index >= 15 is 0 Å². The van der Waals surface area contributed by atoms with E-state index < -0.39 is 11.7 Å². The van der Waals surface area contributed by atoms with Gasteiger partial charge in [-0.05, 0) is 68.4 Å². The molecule has 1 aliphatic carbocycles. The molecule has 4 nitrogen and oxygen atoms in total. The zero-order chi connectivity index (χ0) is 18.7. The number of hydrogen-bond acceptors (Lipinski definition) is 3. The van der Waals surface area contributed by atoms with Gasteiger partial charge in [-0.15, -0.1) is 0 Å². The summed E-state index contributed by atoms with van der Waals surface area (Å²) >= 11 is 0. The number of rotatable bonds is 4. The third kappa shape index (κ3) is 3.87. The van der Waals surface area contributed by atoms with Gasteiger partial charge in [-0.1, -0.05) is 17.7 Å². The van der Waals surface area contributed by atoms with Crippen molar-refractivity contribution < 1.29 is 9.18 Å². The Bertz CT molecular complexity index is 888. The summed E-state index contributed by atoms with van der Waals surface area (Å²) in [7, 11) is 0. The van der Waals surface area contributed by atoms with Crippen molar-refractivity contribution in [2.24, 2.45) is 5.92 Å². The molecule has 0 aliphatic heterocycles. The van der Waals surface area contributed by atoms with Crippen molar-refractivity contribution in [3.63, 3.8) is 0 Å². The van der Waals surface area contributed by atoms with Gasteiger partial charge in [-0.3, -0.25) is 9.78 Å². The SMILES string of the molecule is C=C(C)C1CCC(C)=C(c2ccnc(NC(=O)c3ccncc3F)c2)C1. The number of carbonyl (C=O) groups is 1. The highest BCUT2D eigenvalue weighted by Gasteiger charge is 2.21. The molecule has 0 bridgehead atoms. The molecule has 5 heteroatoms. The van der Waals surface area contributed by atoms with E-state index in [2.05, 4.69) is 35.7 Å². The van der Waals surface area contributed by atoms with Gasteiger partial charge >= 0.3 is 0 Å². The maximum atomic E-state index is 13.7. The van der Waals surface area contributed by atoms with Crippen molar-refractivity contribution in [3.05, 3.63) is 71.5 Å². The first-order valence-electron chi connectivity index (χ1n) is 8.67. The van der Waals surface area contributed by atoms with Crippen LogP contribution in [0.4, 0.5) is 10.2 Å². The topological polar surface area (TPSA) is 54.9 Å². The Balaban J connectivity index is 1.83. The van der Waals surface area contributed by atoms with Crippen LogP contribution in [-0.2, 0) is 0 Å². The maximum absolute atomic E-state index is 13.7. The minimum Gasteiger partial charge on any atom is -0.306 e. The first-order chi connectivity index (χ1) is 12.5. The standard InChI is InChI=1S/C21H22FN3O/c1-13(2)15-5-4-14(3)18(10-15)16-6-9-24-20(11-16)25-21(26)17-7-8-23-12-19(17)22/h6-9,11-12,15H,1,4-5,10H2,2-3H3,(H,24,25,26). The number of allylic oxidation sites excluding steroid dienone is 3. The molecule has 0 saturated heterocycles. The van der Waals surface area contributed by atoms with E-state index in [1.165, 1.54) is 29.0 Å². The van der Waals surface area contributed by atoms with Crippen LogP contribution < -0.4 is 5.32 Å². The van der Waals surface area contributed by atoms with Crippen molar-refractivity contribution in [1.29, 1.82) is 0 Å². The van der Waals surface area contributed by atoms with Crippen LogP contribution in [0.25, 0.3) is 5.57 Å². The van der Waals surface area contributed by atoms with E-state index in [0.717, 1.165) is 31.0 Å². The predicted octanol–water partition coefficient (Wildman–Crippen LogP) is 5.02. The van der Waals surface area contributed by atoms with Gasteiger partial charge in [0, 0.05) is 12.4 Å². The second-order valence-electron chi connectivity index (χ2n) is 6.78. The van der Waals surface area contributed by atoms with Gasteiger partial charge in [-0.2, -0.15) is 0 Å². The number of halogens is 1. The number of nitrogens with one attached hydrogen (secondary N) is 1. The Morgan fingerprint density at radius 1 is 1.35 bits per heavy atom. The molecule has 3 rings (SSSR count). The molecule has 1 N–H and O–H groups in total. The molecule has 0 radical (unpaired) electrons. The van der Waals surface area contributed by atoms with E-state index in [0.29, 0.717) is 11.7 Å².